The third kappa shape index (κ3) is 4.37. The van der Waals surface area contributed by atoms with Gasteiger partial charge >= 0.3 is 0 Å². The van der Waals surface area contributed by atoms with Gasteiger partial charge in [0.15, 0.2) is 0 Å². The number of aromatic amines is 1. The molecule has 1 aromatic carbocycles. The van der Waals surface area contributed by atoms with Gasteiger partial charge in [-0.25, -0.2) is 0 Å². The number of H-pyrrole nitrogens is 1. The van der Waals surface area contributed by atoms with Crippen molar-refractivity contribution in [2.24, 2.45) is 5.92 Å². The molecule has 9 heteroatoms. The fraction of sp³-hybridized carbons (Fsp3) is 0.577. The van der Waals surface area contributed by atoms with Gasteiger partial charge in [0, 0.05) is 48.6 Å². The molecule has 2 fully saturated rings. The van der Waals surface area contributed by atoms with Crippen molar-refractivity contribution in [1.29, 1.82) is 0 Å². The number of nitrogens with zero attached hydrogens (tertiary/aromatic N) is 2. The van der Waals surface area contributed by atoms with E-state index in [1.807, 2.05) is 18.2 Å². The summed E-state index contributed by atoms with van der Waals surface area (Å²) >= 11 is 0. The molecule has 0 saturated carbocycles. The van der Waals surface area contributed by atoms with Crippen LogP contribution in [0.15, 0.2) is 18.2 Å². The van der Waals surface area contributed by atoms with Gasteiger partial charge in [-0.1, -0.05) is 13.8 Å². The smallest absolute Gasteiger partial charge is 0.246 e. The van der Waals surface area contributed by atoms with Crippen LogP contribution in [0.3, 0.4) is 0 Å². The number of carbonyl (C=O) groups is 3. The number of nitrogens with one attached hydrogen (secondary N) is 2. The summed E-state index contributed by atoms with van der Waals surface area (Å²) in [6.45, 7) is 6.47. The standard InChI is InChI=1S/C26H34N4O5/c1-15(2)12-21-24-18(17-5-4-16(34-3)13-20(17)27-24)14-22-25(32)28-19(26(33)30(21)22)6-7-23(31)29-8-10-35-11-9-29/h4-5,13,15,19,21-22,27H,6-12,14H2,1-3H3,(H,28,32)/t19-,21-,22-/m0/s1. The largest absolute Gasteiger partial charge is 0.497 e. The van der Waals surface area contributed by atoms with Gasteiger partial charge in [0.25, 0.3) is 0 Å². The van der Waals surface area contributed by atoms with Crippen molar-refractivity contribution in [3.8, 4) is 5.75 Å². The zero-order valence-corrected chi connectivity index (χ0v) is 20.6. The molecular weight excluding hydrogens is 448 g/mol. The molecule has 0 unspecified atom stereocenters. The molecule has 0 bridgehead atoms. The van der Waals surface area contributed by atoms with E-state index in [2.05, 4.69) is 24.1 Å². The van der Waals surface area contributed by atoms with E-state index < -0.39 is 12.1 Å². The summed E-state index contributed by atoms with van der Waals surface area (Å²) in [6.07, 6.45) is 1.73. The van der Waals surface area contributed by atoms with Crippen molar-refractivity contribution in [1.82, 2.24) is 20.1 Å². The Bertz CT molecular complexity index is 1140. The van der Waals surface area contributed by atoms with Crippen LogP contribution in [-0.2, 0) is 25.5 Å². The number of aromatic nitrogens is 1. The first-order valence-corrected chi connectivity index (χ1v) is 12.5. The monoisotopic (exact) mass is 482 g/mol. The molecule has 3 aliphatic rings. The first kappa shape index (κ1) is 23.7. The Morgan fingerprint density at radius 1 is 1.23 bits per heavy atom. The first-order chi connectivity index (χ1) is 16.9. The van der Waals surface area contributed by atoms with Crippen LogP contribution in [0.25, 0.3) is 10.9 Å². The Kier molecular flexibility index (Phi) is 6.44. The minimum atomic E-state index is -0.690. The van der Waals surface area contributed by atoms with Gasteiger partial charge in [-0.3, -0.25) is 14.4 Å². The second-order valence-corrected chi connectivity index (χ2v) is 10.1. The lowest BCUT2D eigenvalue weighted by atomic mass is 9.85. The number of ether oxygens (including phenoxy) is 2. The highest BCUT2D eigenvalue weighted by molar-refractivity contribution is 5.99. The first-order valence-electron chi connectivity index (χ1n) is 12.5. The average Bonchev–Trinajstić information content (AvgIpc) is 3.23. The van der Waals surface area contributed by atoms with Crippen molar-refractivity contribution >= 4 is 28.6 Å². The van der Waals surface area contributed by atoms with Crippen molar-refractivity contribution in [3.63, 3.8) is 0 Å². The number of carbonyl (C=O) groups excluding carboxylic acids is 3. The van der Waals surface area contributed by atoms with Crippen LogP contribution in [0.1, 0.15) is 50.4 Å². The van der Waals surface area contributed by atoms with Crippen LogP contribution in [0.2, 0.25) is 0 Å². The van der Waals surface area contributed by atoms with Gasteiger partial charge in [-0.05, 0) is 36.5 Å². The average molecular weight is 483 g/mol. The van der Waals surface area contributed by atoms with E-state index in [1.54, 1.807) is 16.9 Å². The molecule has 0 aliphatic carbocycles. The predicted molar refractivity (Wildman–Crippen MR) is 130 cm³/mol. The quantitative estimate of drug-likeness (QED) is 0.657. The second-order valence-electron chi connectivity index (χ2n) is 10.1. The Morgan fingerprint density at radius 2 is 2.00 bits per heavy atom. The summed E-state index contributed by atoms with van der Waals surface area (Å²) in [5.41, 5.74) is 3.05. The summed E-state index contributed by atoms with van der Waals surface area (Å²) < 4.78 is 10.7. The Morgan fingerprint density at radius 3 is 2.71 bits per heavy atom. The van der Waals surface area contributed by atoms with Gasteiger partial charge in [0.05, 0.1) is 26.4 Å². The Labute approximate surface area is 205 Å². The molecule has 35 heavy (non-hydrogen) atoms. The van der Waals surface area contributed by atoms with E-state index in [9.17, 15) is 14.4 Å². The highest BCUT2D eigenvalue weighted by atomic mass is 16.5. The number of rotatable bonds is 6. The van der Waals surface area contributed by atoms with Crippen LogP contribution in [-0.4, -0.2) is 78.0 Å². The van der Waals surface area contributed by atoms with Crippen LogP contribution in [0, 0.1) is 5.92 Å². The van der Waals surface area contributed by atoms with Crippen LogP contribution >= 0.6 is 0 Å². The van der Waals surface area contributed by atoms with Crippen molar-refractivity contribution in [2.45, 2.75) is 57.7 Å². The normalized spacial score (nSPS) is 24.4. The minimum absolute atomic E-state index is 0.00157. The van der Waals surface area contributed by atoms with Gasteiger partial charge < -0.3 is 29.6 Å². The lowest BCUT2D eigenvalue weighted by Crippen LogP contribution is -2.66. The predicted octanol–water partition coefficient (Wildman–Crippen LogP) is 2.15. The van der Waals surface area contributed by atoms with Crippen molar-refractivity contribution in [2.75, 3.05) is 33.4 Å². The van der Waals surface area contributed by atoms with Crippen LogP contribution < -0.4 is 10.1 Å². The van der Waals surface area contributed by atoms with E-state index in [1.165, 1.54) is 0 Å². The van der Waals surface area contributed by atoms with E-state index >= 15 is 0 Å². The lowest BCUT2D eigenvalue weighted by molar-refractivity contribution is -0.154. The molecule has 0 spiro atoms. The fourth-order valence-electron chi connectivity index (χ4n) is 5.68. The number of hydrogen-bond donors (Lipinski definition) is 2. The van der Waals surface area contributed by atoms with E-state index in [0.29, 0.717) is 45.1 Å². The number of hydrogen-bond acceptors (Lipinski definition) is 5. The molecule has 1 aromatic heterocycles. The van der Waals surface area contributed by atoms with Gasteiger partial charge in [0.2, 0.25) is 17.7 Å². The van der Waals surface area contributed by atoms with Crippen molar-refractivity contribution in [3.05, 3.63) is 29.5 Å². The topological polar surface area (TPSA) is 104 Å². The zero-order valence-electron chi connectivity index (χ0n) is 20.6. The minimum Gasteiger partial charge on any atom is -0.497 e. The molecule has 9 nitrogen and oxygen atoms in total. The summed E-state index contributed by atoms with van der Waals surface area (Å²) in [5.74, 6) is 0.842. The lowest BCUT2D eigenvalue weighted by Gasteiger charge is -2.47. The van der Waals surface area contributed by atoms with E-state index in [-0.39, 0.29) is 30.2 Å². The molecule has 2 aromatic rings. The molecule has 2 N–H and O–H groups in total. The molecule has 0 radical (unpaired) electrons. The molecule has 3 atom stereocenters. The second kappa shape index (κ2) is 9.53. The summed E-state index contributed by atoms with van der Waals surface area (Å²) in [7, 11) is 1.64. The maximum Gasteiger partial charge on any atom is 0.246 e. The zero-order chi connectivity index (χ0) is 24.7. The number of amides is 3. The summed E-state index contributed by atoms with van der Waals surface area (Å²) in [5, 5.41) is 3.99. The number of methoxy groups -OCH3 is 1. The molecule has 3 amide bonds. The van der Waals surface area contributed by atoms with Gasteiger partial charge in [-0.15, -0.1) is 0 Å². The molecule has 188 valence electrons. The Balaban J connectivity index is 1.42. The summed E-state index contributed by atoms with van der Waals surface area (Å²) in [6, 6.07) is 4.44. The maximum atomic E-state index is 13.7. The van der Waals surface area contributed by atoms with Gasteiger partial charge in [-0.2, -0.15) is 0 Å². The molecule has 3 aliphatic heterocycles. The molecule has 5 rings (SSSR count). The van der Waals surface area contributed by atoms with Crippen LogP contribution in [0.5, 0.6) is 5.75 Å². The number of fused-ring (bicyclic) bond motifs is 4. The number of morpholine rings is 1. The Hall–Kier alpha value is -3.07. The fourth-order valence-corrected chi connectivity index (χ4v) is 5.68. The van der Waals surface area contributed by atoms with E-state index in [0.717, 1.165) is 34.3 Å². The highest BCUT2D eigenvalue weighted by Crippen LogP contribution is 2.42. The third-order valence-corrected chi connectivity index (χ3v) is 7.43. The van der Waals surface area contributed by atoms with Crippen molar-refractivity contribution < 1.29 is 23.9 Å². The third-order valence-electron chi connectivity index (χ3n) is 7.43. The molecule has 2 saturated heterocycles. The number of piperazine rings is 1. The molecule has 4 heterocycles. The van der Waals surface area contributed by atoms with Gasteiger partial charge in [0.1, 0.15) is 17.8 Å². The highest BCUT2D eigenvalue weighted by Gasteiger charge is 2.48. The van der Waals surface area contributed by atoms with E-state index in [4.69, 9.17) is 9.47 Å². The number of benzene rings is 1. The summed E-state index contributed by atoms with van der Waals surface area (Å²) in [4.78, 5) is 46.8. The maximum absolute atomic E-state index is 13.7. The molecular formula is C26H34N4O5. The van der Waals surface area contributed by atoms with Crippen LogP contribution in [0.4, 0.5) is 0 Å². The SMILES string of the molecule is COc1ccc2c3c([nH]c2c1)[C@H](CC(C)C)N1C(=O)[C@H](CCC(=O)N2CCOCC2)NC(=O)[C@@H]1C3.